The standard InChI is InChI=1S/C19H18Cl2N2O3/c1-10-4-2-3-5-11(10)6-17(24)23-15-9-16(19(25)26)22-14-8-12(20)7-13(21)18(14)15/h2-5,7-8,15-16,22H,6,9H2,1H3,(H,23,24)(H,25,26). The lowest BCUT2D eigenvalue weighted by molar-refractivity contribution is -0.138. The van der Waals surface area contributed by atoms with Gasteiger partial charge in [0.1, 0.15) is 6.04 Å². The van der Waals surface area contributed by atoms with Crippen molar-refractivity contribution in [3.8, 4) is 0 Å². The van der Waals surface area contributed by atoms with E-state index in [-0.39, 0.29) is 18.7 Å². The van der Waals surface area contributed by atoms with E-state index >= 15 is 0 Å². The number of hydrogen-bond donors (Lipinski definition) is 3. The van der Waals surface area contributed by atoms with E-state index in [9.17, 15) is 14.7 Å². The van der Waals surface area contributed by atoms with Gasteiger partial charge in [-0.15, -0.1) is 0 Å². The van der Waals surface area contributed by atoms with Gasteiger partial charge in [0.15, 0.2) is 0 Å². The van der Waals surface area contributed by atoms with Gasteiger partial charge in [0, 0.05) is 27.7 Å². The van der Waals surface area contributed by atoms with Crippen molar-refractivity contribution in [1.29, 1.82) is 0 Å². The molecule has 1 aliphatic rings. The summed E-state index contributed by atoms with van der Waals surface area (Å²) < 4.78 is 0. The minimum Gasteiger partial charge on any atom is -0.480 e. The summed E-state index contributed by atoms with van der Waals surface area (Å²) in [6, 6.07) is 9.52. The molecule has 0 saturated heterocycles. The third-order valence-corrected chi connectivity index (χ3v) is 5.02. The number of fused-ring (bicyclic) bond motifs is 1. The van der Waals surface area contributed by atoms with E-state index in [0.29, 0.717) is 21.3 Å². The lowest BCUT2D eigenvalue weighted by Gasteiger charge is -2.32. The smallest absolute Gasteiger partial charge is 0.326 e. The fraction of sp³-hybridized carbons (Fsp3) is 0.263. The van der Waals surface area contributed by atoms with E-state index in [2.05, 4.69) is 10.6 Å². The number of nitrogens with one attached hydrogen (secondary N) is 2. The number of carbonyl (C=O) groups excluding carboxylic acids is 1. The summed E-state index contributed by atoms with van der Waals surface area (Å²) in [6.45, 7) is 1.95. The molecule has 0 aliphatic carbocycles. The van der Waals surface area contributed by atoms with Crippen LogP contribution in [0.5, 0.6) is 0 Å². The van der Waals surface area contributed by atoms with Crippen LogP contribution in [0.15, 0.2) is 36.4 Å². The van der Waals surface area contributed by atoms with Gasteiger partial charge in [-0.25, -0.2) is 4.79 Å². The molecule has 2 unspecified atom stereocenters. The third kappa shape index (κ3) is 3.94. The van der Waals surface area contributed by atoms with Crippen LogP contribution in [0.3, 0.4) is 0 Å². The van der Waals surface area contributed by atoms with Crippen LogP contribution in [-0.4, -0.2) is 23.0 Å². The molecule has 3 N–H and O–H groups in total. The molecule has 7 heteroatoms. The highest BCUT2D eigenvalue weighted by Crippen LogP contribution is 2.39. The average Bonchev–Trinajstić information content (AvgIpc) is 2.55. The predicted molar refractivity (Wildman–Crippen MR) is 102 cm³/mol. The van der Waals surface area contributed by atoms with Gasteiger partial charge in [-0.05, 0) is 30.2 Å². The molecule has 1 aliphatic heterocycles. The Balaban J connectivity index is 1.85. The first-order valence-electron chi connectivity index (χ1n) is 8.17. The number of benzene rings is 2. The molecular formula is C19H18Cl2N2O3. The molecule has 2 atom stereocenters. The van der Waals surface area contributed by atoms with E-state index < -0.39 is 18.1 Å². The Morgan fingerprint density at radius 1 is 1.27 bits per heavy atom. The molecule has 5 nitrogen and oxygen atoms in total. The van der Waals surface area contributed by atoms with Gasteiger partial charge in [-0.3, -0.25) is 4.79 Å². The van der Waals surface area contributed by atoms with Crippen molar-refractivity contribution in [2.75, 3.05) is 5.32 Å². The normalized spacial score (nSPS) is 18.6. The highest BCUT2D eigenvalue weighted by Gasteiger charge is 2.33. The first kappa shape index (κ1) is 18.5. The van der Waals surface area contributed by atoms with Gasteiger partial charge in [0.25, 0.3) is 0 Å². The number of amides is 1. The number of rotatable bonds is 4. The van der Waals surface area contributed by atoms with E-state index in [0.717, 1.165) is 11.1 Å². The van der Waals surface area contributed by atoms with Crippen molar-refractivity contribution < 1.29 is 14.7 Å². The quantitative estimate of drug-likeness (QED) is 0.735. The van der Waals surface area contributed by atoms with Gasteiger partial charge in [0.2, 0.25) is 5.91 Å². The number of aliphatic carboxylic acids is 1. The highest BCUT2D eigenvalue weighted by atomic mass is 35.5. The monoisotopic (exact) mass is 392 g/mol. The fourth-order valence-electron chi connectivity index (χ4n) is 3.18. The van der Waals surface area contributed by atoms with Crippen LogP contribution in [0.25, 0.3) is 0 Å². The van der Waals surface area contributed by atoms with E-state index in [1.807, 2.05) is 31.2 Å². The SMILES string of the molecule is Cc1ccccc1CC(=O)NC1CC(C(=O)O)Nc2cc(Cl)cc(Cl)c21. The molecule has 2 aromatic rings. The molecule has 2 aromatic carbocycles. The van der Waals surface area contributed by atoms with Crippen LogP contribution in [0.2, 0.25) is 10.0 Å². The summed E-state index contributed by atoms with van der Waals surface area (Å²) in [5, 5.41) is 16.0. The molecule has 1 heterocycles. The summed E-state index contributed by atoms with van der Waals surface area (Å²) in [7, 11) is 0. The summed E-state index contributed by atoms with van der Waals surface area (Å²) in [4.78, 5) is 24.0. The van der Waals surface area contributed by atoms with Crippen LogP contribution in [0.1, 0.15) is 29.2 Å². The largest absolute Gasteiger partial charge is 0.480 e. The molecule has 1 amide bonds. The lowest BCUT2D eigenvalue weighted by Crippen LogP contribution is -2.41. The second kappa shape index (κ2) is 7.56. The summed E-state index contributed by atoms with van der Waals surface area (Å²) in [5.74, 6) is -1.18. The molecule has 0 saturated carbocycles. The van der Waals surface area contributed by atoms with Crippen molar-refractivity contribution in [1.82, 2.24) is 5.32 Å². The molecule has 26 heavy (non-hydrogen) atoms. The number of hydrogen-bond acceptors (Lipinski definition) is 3. The molecule has 0 bridgehead atoms. The number of carboxylic acid groups (broad SMARTS) is 1. The zero-order chi connectivity index (χ0) is 18.8. The Kier molecular flexibility index (Phi) is 5.39. The van der Waals surface area contributed by atoms with Crippen LogP contribution in [0.4, 0.5) is 5.69 Å². The van der Waals surface area contributed by atoms with Gasteiger partial charge in [-0.1, -0.05) is 47.5 Å². The van der Waals surface area contributed by atoms with Crippen LogP contribution < -0.4 is 10.6 Å². The minimum atomic E-state index is -0.995. The summed E-state index contributed by atoms with van der Waals surface area (Å²) in [6.07, 6.45) is 0.415. The molecule has 0 spiro atoms. The number of carboxylic acids is 1. The molecule has 0 aromatic heterocycles. The third-order valence-electron chi connectivity index (χ3n) is 4.49. The molecule has 136 valence electrons. The predicted octanol–water partition coefficient (Wildman–Crippen LogP) is 3.97. The maximum absolute atomic E-state index is 12.5. The topological polar surface area (TPSA) is 78.4 Å². The summed E-state index contributed by atoms with van der Waals surface area (Å²) in [5.41, 5.74) is 3.15. The lowest BCUT2D eigenvalue weighted by atomic mass is 9.92. The van der Waals surface area contributed by atoms with Crippen LogP contribution >= 0.6 is 23.2 Å². The Bertz CT molecular complexity index is 870. The molecule has 0 radical (unpaired) electrons. The number of anilines is 1. The van der Waals surface area contributed by atoms with Gasteiger partial charge < -0.3 is 15.7 Å². The number of halogens is 2. The zero-order valence-corrected chi connectivity index (χ0v) is 15.6. The van der Waals surface area contributed by atoms with Crippen molar-refractivity contribution in [2.24, 2.45) is 0 Å². The van der Waals surface area contributed by atoms with E-state index in [4.69, 9.17) is 23.2 Å². The number of carbonyl (C=O) groups is 2. The van der Waals surface area contributed by atoms with Crippen LogP contribution in [0, 0.1) is 6.92 Å². The van der Waals surface area contributed by atoms with Gasteiger partial charge in [0.05, 0.1) is 12.5 Å². The molecule has 3 rings (SSSR count). The van der Waals surface area contributed by atoms with Crippen molar-refractivity contribution in [3.05, 3.63) is 63.1 Å². The van der Waals surface area contributed by atoms with Crippen molar-refractivity contribution >= 4 is 40.8 Å². The second-order valence-electron chi connectivity index (χ2n) is 6.34. The van der Waals surface area contributed by atoms with Crippen molar-refractivity contribution in [3.63, 3.8) is 0 Å². The van der Waals surface area contributed by atoms with E-state index in [1.54, 1.807) is 12.1 Å². The average molecular weight is 393 g/mol. The maximum atomic E-state index is 12.5. The van der Waals surface area contributed by atoms with Crippen LogP contribution in [-0.2, 0) is 16.0 Å². The Morgan fingerprint density at radius 2 is 2.00 bits per heavy atom. The maximum Gasteiger partial charge on any atom is 0.326 e. The summed E-state index contributed by atoms with van der Waals surface area (Å²) >= 11 is 12.3. The zero-order valence-electron chi connectivity index (χ0n) is 14.1. The Hall–Kier alpha value is -2.24. The first-order chi connectivity index (χ1) is 12.3. The second-order valence-corrected chi connectivity index (χ2v) is 7.19. The number of aryl methyl sites for hydroxylation is 1. The fourth-order valence-corrected chi connectivity index (χ4v) is 3.80. The van der Waals surface area contributed by atoms with E-state index in [1.165, 1.54) is 0 Å². The molecular weight excluding hydrogens is 375 g/mol. The Morgan fingerprint density at radius 3 is 2.69 bits per heavy atom. The van der Waals surface area contributed by atoms with Crippen molar-refractivity contribution in [2.45, 2.75) is 31.8 Å². The molecule has 0 fully saturated rings. The minimum absolute atomic E-state index is 0.188. The Labute approximate surface area is 161 Å². The van der Waals surface area contributed by atoms with Gasteiger partial charge in [-0.2, -0.15) is 0 Å². The van der Waals surface area contributed by atoms with Gasteiger partial charge >= 0.3 is 5.97 Å². The highest BCUT2D eigenvalue weighted by molar-refractivity contribution is 6.35. The first-order valence-corrected chi connectivity index (χ1v) is 8.93.